The lowest BCUT2D eigenvalue weighted by Crippen LogP contribution is -2.31. The first-order chi connectivity index (χ1) is 6.73. The molecule has 0 aliphatic rings. The maximum Gasteiger partial charge on any atom is 0.506 e. The van der Waals surface area contributed by atoms with E-state index in [4.69, 9.17) is 0 Å². The first kappa shape index (κ1) is 14.5. The number of halogens is 3. The third-order valence-electron chi connectivity index (χ3n) is 2.08. The van der Waals surface area contributed by atoms with Crippen LogP contribution in [-0.4, -0.2) is 57.6 Å². The second-order valence-electron chi connectivity index (χ2n) is 4.13. The van der Waals surface area contributed by atoms with Gasteiger partial charge in [0.2, 0.25) is 0 Å². The van der Waals surface area contributed by atoms with Crippen LogP contribution in [0, 0.1) is 0 Å². The van der Waals surface area contributed by atoms with Gasteiger partial charge in [-0.25, -0.2) is 0 Å². The van der Waals surface area contributed by atoms with Crippen molar-refractivity contribution in [3.63, 3.8) is 0 Å². The highest BCUT2D eigenvalue weighted by Crippen LogP contribution is 2.18. The molecule has 0 spiro atoms. The average molecular weight is 223 g/mol. The molecule has 0 aromatic heterocycles. The fourth-order valence-electron chi connectivity index (χ4n) is 1.19. The molecular formula is C9H19BF3N2-. The zero-order valence-corrected chi connectivity index (χ0v) is 9.64. The van der Waals surface area contributed by atoms with Crippen molar-refractivity contribution in [2.75, 3.05) is 40.8 Å². The summed E-state index contributed by atoms with van der Waals surface area (Å²) >= 11 is 0. The second-order valence-corrected chi connectivity index (χ2v) is 4.13. The standard InChI is InChI=1S/C9H19BF3N2/c1-9(10(11,12)13)8-15(4)7-5-6-14(2)3/h1,5-8H2,2-4H3/q-1. The molecule has 15 heavy (non-hydrogen) atoms. The van der Waals surface area contributed by atoms with Gasteiger partial charge in [-0.2, -0.15) is 0 Å². The molecule has 0 fully saturated rings. The minimum atomic E-state index is -4.88. The van der Waals surface area contributed by atoms with Crippen LogP contribution in [0.3, 0.4) is 0 Å². The summed E-state index contributed by atoms with van der Waals surface area (Å²) in [7, 11) is 5.57. The minimum Gasteiger partial charge on any atom is -0.445 e. The Bertz CT molecular complexity index is 204. The lowest BCUT2D eigenvalue weighted by Gasteiger charge is -2.24. The highest BCUT2D eigenvalue weighted by Gasteiger charge is 2.26. The molecule has 90 valence electrons. The van der Waals surface area contributed by atoms with E-state index in [-0.39, 0.29) is 6.54 Å². The lowest BCUT2D eigenvalue weighted by atomic mass is 9.80. The average Bonchev–Trinajstić information content (AvgIpc) is 2.01. The molecule has 0 radical (unpaired) electrons. The summed E-state index contributed by atoms with van der Waals surface area (Å²) in [5, 5.41) is 0. The Labute approximate surface area is 89.8 Å². The number of hydrogen-bond acceptors (Lipinski definition) is 2. The van der Waals surface area contributed by atoms with Crippen LogP contribution >= 0.6 is 0 Å². The fourth-order valence-corrected chi connectivity index (χ4v) is 1.19. The van der Waals surface area contributed by atoms with Crippen LogP contribution in [0.15, 0.2) is 12.1 Å². The fraction of sp³-hybridized carbons (Fsp3) is 0.778. The summed E-state index contributed by atoms with van der Waals surface area (Å²) in [6, 6.07) is 0. The molecule has 0 aliphatic heterocycles. The lowest BCUT2D eigenvalue weighted by molar-refractivity contribution is 0.316. The van der Waals surface area contributed by atoms with Gasteiger partial charge >= 0.3 is 6.98 Å². The third kappa shape index (κ3) is 7.44. The van der Waals surface area contributed by atoms with E-state index in [0.29, 0.717) is 6.54 Å². The molecule has 0 rings (SSSR count). The maximum atomic E-state index is 12.2. The van der Waals surface area contributed by atoms with Gasteiger partial charge in [0.1, 0.15) is 0 Å². The van der Waals surface area contributed by atoms with Crippen LogP contribution in [0.2, 0.25) is 0 Å². The predicted molar refractivity (Wildman–Crippen MR) is 58.9 cm³/mol. The molecule has 2 nitrogen and oxygen atoms in total. The smallest absolute Gasteiger partial charge is 0.445 e. The first-order valence-corrected chi connectivity index (χ1v) is 4.94. The number of likely N-dealkylation sites (N-methyl/N-ethyl adjacent to an activating group) is 1. The Morgan fingerprint density at radius 1 is 1.13 bits per heavy atom. The number of nitrogens with zero attached hydrogens (tertiary/aromatic N) is 2. The third-order valence-corrected chi connectivity index (χ3v) is 2.08. The molecule has 0 saturated carbocycles. The van der Waals surface area contributed by atoms with Crippen LogP contribution in [0.25, 0.3) is 0 Å². The molecule has 0 heterocycles. The molecule has 0 unspecified atom stereocenters. The largest absolute Gasteiger partial charge is 0.506 e. The van der Waals surface area contributed by atoms with Crippen molar-refractivity contribution in [3.05, 3.63) is 12.1 Å². The van der Waals surface area contributed by atoms with Crippen molar-refractivity contribution < 1.29 is 12.9 Å². The topological polar surface area (TPSA) is 6.48 Å². The normalized spacial score (nSPS) is 12.5. The number of hydrogen-bond donors (Lipinski definition) is 0. The Morgan fingerprint density at radius 2 is 1.67 bits per heavy atom. The zero-order valence-electron chi connectivity index (χ0n) is 9.64. The van der Waals surface area contributed by atoms with Crippen molar-refractivity contribution in [2.45, 2.75) is 6.42 Å². The molecular weight excluding hydrogens is 204 g/mol. The van der Waals surface area contributed by atoms with E-state index in [1.54, 1.807) is 11.9 Å². The Morgan fingerprint density at radius 3 is 2.07 bits per heavy atom. The van der Waals surface area contributed by atoms with E-state index in [1.807, 2.05) is 19.0 Å². The molecule has 0 aromatic carbocycles. The van der Waals surface area contributed by atoms with Gasteiger partial charge in [-0.05, 0) is 47.2 Å². The van der Waals surface area contributed by atoms with Crippen molar-refractivity contribution in [2.24, 2.45) is 0 Å². The summed E-state index contributed by atoms with van der Waals surface area (Å²) in [6.45, 7) is -0.369. The van der Waals surface area contributed by atoms with Crippen LogP contribution in [0.4, 0.5) is 12.9 Å². The zero-order chi connectivity index (χ0) is 12.1. The maximum absolute atomic E-state index is 12.2. The molecule has 6 heteroatoms. The van der Waals surface area contributed by atoms with Crippen LogP contribution in [-0.2, 0) is 0 Å². The van der Waals surface area contributed by atoms with E-state index < -0.39 is 12.4 Å². The van der Waals surface area contributed by atoms with Crippen molar-refractivity contribution in [1.29, 1.82) is 0 Å². The second kappa shape index (κ2) is 6.17. The SMILES string of the molecule is C=C(CN(C)CCCN(C)C)[B-](F)(F)F. The van der Waals surface area contributed by atoms with E-state index in [2.05, 4.69) is 6.58 Å². The Hall–Kier alpha value is -0.485. The van der Waals surface area contributed by atoms with Crippen LogP contribution in [0.1, 0.15) is 6.42 Å². The highest BCUT2D eigenvalue weighted by atomic mass is 19.4. The van der Waals surface area contributed by atoms with E-state index in [1.165, 1.54) is 0 Å². The van der Waals surface area contributed by atoms with E-state index in [9.17, 15) is 12.9 Å². The Kier molecular flexibility index (Phi) is 5.98. The van der Waals surface area contributed by atoms with Gasteiger partial charge in [0.25, 0.3) is 0 Å². The molecule has 0 amide bonds. The van der Waals surface area contributed by atoms with Crippen molar-refractivity contribution >= 4 is 6.98 Å². The minimum absolute atomic E-state index is 0.0864. The van der Waals surface area contributed by atoms with E-state index in [0.717, 1.165) is 13.0 Å². The molecule has 0 aliphatic carbocycles. The van der Waals surface area contributed by atoms with Crippen molar-refractivity contribution in [1.82, 2.24) is 9.80 Å². The summed E-state index contributed by atoms with van der Waals surface area (Å²) in [5.41, 5.74) is -0.623. The summed E-state index contributed by atoms with van der Waals surface area (Å²) < 4.78 is 36.6. The van der Waals surface area contributed by atoms with Gasteiger partial charge in [-0.3, -0.25) is 0 Å². The van der Waals surface area contributed by atoms with Gasteiger partial charge in [-0.1, -0.05) is 0 Å². The van der Waals surface area contributed by atoms with Crippen LogP contribution in [0.5, 0.6) is 0 Å². The predicted octanol–water partition coefficient (Wildman–Crippen LogP) is 1.81. The van der Waals surface area contributed by atoms with Gasteiger partial charge in [0.15, 0.2) is 0 Å². The summed E-state index contributed by atoms with van der Waals surface area (Å²) in [4.78, 5) is 3.66. The van der Waals surface area contributed by atoms with Gasteiger partial charge < -0.3 is 22.7 Å². The molecule has 0 N–H and O–H groups in total. The number of rotatable bonds is 7. The molecule has 0 saturated heterocycles. The van der Waals surface area contributed by atoms with Gasteiger partial charge in [0.05, 0.1) is 0 Å². The summed E-state index contributed by atoms with van der Waals surface area (Å²) in [5.74, 6) is 0. The highest BCUT2D eigenvalue weighted by molar-refractivity contribution is 6.66. The van der Waals surface area contributed by atoms with Gasteiger partial charge in [-0.15, -0.1) is 12.1 Å². The Balaban J connectivity index is 3.75. The molecule has 0 atom stereocenters. The monoisotopic (exact) mass is 223 g/mol. The van der Waals surface area contributed by atoms with Crippen LogP contribution < -0.4 is 0 Å². The molecule has 0 aromatic rings. The summed E-state index contributed by atoms with van der Waals surface area (Å²) in [6.07, 6.45) is 0.863. The quantitative estimate of drug-likeness (QED) is 0.607. The first-order valence-electron chi connectivity index (χ1n) is 4.94. The van der Waals surface area contributed by atoms with Crippen molar-refractivity contribution in [3.8, 4) is 0 Å². The molecule has 0 bridgehead atoms. The van der Waals surface area contributed by atoms with Gasteiger partial charge in [0, 0.05) is 0 Å². The van der Waals surface area contributed by atoms with E-state index >= 15 is 0 Å².